The molecule has 6 N–H and O–H groups in total. The fraction of sp³-hybridized carbons (Fsp3) is 0.417. The molecule has 0 aliphatic carbocycles. The van der Waals surface area contributed by atoms with Crippen molar-refractivity contribution in [3.8, 4) is 40.5 Å². The zero-order chi connectivity index (χ0) is 52.5. The molecule has 0 unspecified atom stereocenters. The van der Waals surface area contributed by atoms with E-state index < -0.39 is 71.9 Å². The lowest BCUT2D eigenvalue weighted by Gasteiger charge is -2.22. The molecule has 0 fully saturated rings. The van der Waals surface area contributed by atoms with E-state index in [1.54, 1.807) is 90.1 Å². The maximum atomic E-state index is 13.0. The second-order valence-electron chi connectivity index (χ2n) is 17.5. The number of aromatic nitrogens is 2. The number of rotatable bonds is 21. The number of esters is 2. The van der Waals surface area contributed by atoms with Gasteiger partial charge in [0.2, 0.25) is 17.7 Å². The molecule has 0 saturated heterocycles. The molecule has 0 aliphatic heterocycles. The third-order valence-corrected chi connectivity index (χ3v) is 10.5. The molecule has 71 heavy (non-hydrogen) atoms. The predicted octanol–water partition coefficient (Wildman–Crippen LogP) is 6.35. The van der Waals surface area contributed by atoms with E-state index in [9.17, 15) is 39.3 Å². The summed E-state index contributed by atoms with van der Waals surface area (Å²) in [5.74, 6) is -1.93. The van der Waals surface area contributed by atoms with E-state index in [0.717, 1.165) is 5.56 Å². The molecular weight excluding hydrogens is 962 g/mol. The van der Waals surface area contributed by atoms with Gasteiger partial charge in [-0.2, -0.15) is 10.5 Å². The van der Waals surface area contributed by atoms with Gasteiger partial charge in [-0.1, -0.05) is 35.5 Å². The topological polar surface area (TPSA) is 309 Å². The number of amides is 4. The molecular formula is C48H56ClN9O12S. The van der Waals surface area contributed by atoms with Crippen LogP contribution < -0.4 is 31.7 Å². The van der Waals surface area contributed by atoms with Crippen molar-refractivity contribution in [3.05, 3.63) is 76.6 Å². The van der Waals surface area contributed by atoms with Crippen LogP contribution in [-0.2, 0) is 43.9 Å². The Morgan fingerprint density at radius 3 is 1.83 bits per heavy atom. The molecule has 4 amide bonds. The lowest BCUT2D eigenvalue weighted by molar-refractivity contribution is -0.160. The number of nitrogens with two attached hydrogens (primary N) is 1. The number of nitrogen functional groups attached to an aromatic ring is 1. The van der Waals surface area contributed by atoms with Gasteiger partial charge in [0.05, 0.1) is 24.1 Å². The van der Waals surface area contributed by atoms with E-state index in [1.807, 2.05) is 6.07 Å². The molecule has 2 heterocycles. The Kier molecular flexibility index (Phi) is 20.4. The van der Waals surface area contributed by atoms with Gasteiger partial charge in [-0.25, -0.2) is 19.6 Å². The second kappa shape index (κ2) is 25.9. The summed E-state index contributed by atoms with van der Waals surface area (Å²) < 4.78 is 32.9. The second-order valence-corrected chi connectivity index (χ2v) is 18.9. The fourth-order valence-electron chi connectivity index (χ4n) is 5.94. The van der Waals surface area contributed by atoms with Gasteiger partial charge >= 0.3 is 24.1 Å². The highest BCUT2D eigenvalue weighted by atomic mass is 35.5. The molecule has 0 bridgehead atoms. The van der Waals surface area contributed by atoms with E-state index in [2.05, 4.69) is 37.3 Å². The number of oxazole rings is 1. The standard InChI is InChI=1S/C48H56ClN9O12S/c1-27(55-45(63)69-47(3,4)5)41(61)53-19-17-37(59)66-25-34(68-38(60)18-20-54-42(62)28(2)56-46(64)70-48(6,7)8)24-65-33-15-11-29(12-16-33)39-35(21-50)40(52)58-44(36(39)22-51)71-26-32-23-67-43(57-32)30-9-13-31(49)14-10-30/h9-16,23,27-28,34H,17-20,24-26H2,1-8H3,(H2,52,58)(H,53,61)(H,54,62)(H,55,63)(H,56,64)/t27-,28-,34-/m0/s1. The highest BCUT2D eigenvalue weighted by Gasteiger charge is 2.25. The third kappa shape index (κ3) is 18.7. The maximum Gasteiger partial charge on any atom is 0.408 e. The number of anilines is 1. The van der Waals surface area contributed by atoms with Crippen molar-refractivity contribution in [1.82, 2.24) is 31.2 Å². The van der Waals surface area contributed by atoms with Gasteiger partial charge in [-0.15, -0.1) is 0 Å². The monoisotopic (exact) mass is 1020 g/mol. The van der Waals surface area contributed by atoms with Crippen molar-refractivity contribution in [2.75, 3.05) is 32.0 Å². The molecule has 2 aromatic carbocycles. The van der Waals surface area contributed by atoms with Gasteiger partial charge in [0.1, 0.15) is 77.1 Å². The number of hydrogen-bond acceptors (Lipinski definition) is 18. The molecule has 0 radical (unpaired) electrons. The van der Waals surface area contributed by atoms with Crippen LogP contribution in [0.2, 0.25) is 5.02 Å². The van der Waals surface area contributed by atoms with Gasteiger partial charge in [0.15, 0.2) is 6.10 Å². The van der Waals surface area contributed by atoms with Crippen LogP contribution in [-0.4, -0.2) is 102 Å². The first-order valence-corrected chi connectivity index (χ1v) is 23.4. The minimum atomic E-state index is -1.18. The van der Waals surface area contributed by atoms with Crippen LogP contribution in [0.1, 0.15) is 85.1 Å². The number of carbonyl (C=O) groups excluding carboxylic acids is 6. The summed E-state index contributed by atoms with van der Waals surface area (Å²) in [6, 6.07) is 15.5. The molecule has 4 aromatic rings. The summed E-state index contributed by atoms with van der Waals surface area (Å²) in [4.78, 5) is 83.9. The van der Waals surface area contributed by atoms with Crippen LogP contribution in [0.4, 0.5) is 15.4 Å². The molecule has 23 heteroatoms. The summed E-state index contributed by atoms with van der Waals surface area (Å²) in [6.45, 7) is 11.8. The quantitative estimate of drug-likeness (QED) is 0.0345. The van der Waals surface area contributed by atoms with Crippen LogP contribution in [0, 0.1) is 22.7 Å². The highest BCUT2D eigenvalue weighted by Crippen LogP contribution is 2.37. The van der Waals surface area contributed by atoms with Crippen LogP contribution in [0.25, 0.3) is 22.6 Å². The molecule has 378 valence electrons. The molecule has 2 aromatic heterocycles. The van der Waals surface area contributed by atoms with Gasteiger partial charge < -0.3 is 55.1 Å². The van der Waals surface area contributed by atoms with Crippen LogP contribution in [0.5, 0.6) is 5.75 Å². The van der Waals surface area contributed by atoms with Crippen molar-refractivity contribution < 1.29 is 56.9 Å². The number of thioether (sulfide) groups is 1. The van der Waals surface area contributed by atoms with Crippen molar-refractivity contribution in [2.24, 2.45) is 0 Å². The smallest absolute Gasteiger partial charge is 0.408 e. The fourth-order valence-corrected chi connectivity index (χ4v) is 6.94. The van der Waals surface area contributed by atoms with Crippen molar-refractivity contribution in [2.45, 2.75) is 108 Å². The number of pyridine rings is 1. The number of nitrogens with one attached hydrogen (secondary N) is 4. The molecule has 21 nitrogen and oxygen atoms in total. The SMILES string of the molecule is C[C@H](NC(=O)OC(C)(C)C)C(=O)NCCC(=O)OC[C@H](COc1ccc(-c2c(C#N)c(N)nc(SCc3coc(-c4ccc(Cl)cc4)n3)c2C#N)cc1)OC(=O)CCNC(=O)[C@H](C)NC(=O)OC(C)(C)C. The minimum absolute atomic E-state index is 0.0173. The molecule has 0 saturated carbocycles. The third-order valence-electron chi connectivity index (χ3n) is 9.23. The van der Waals surface area contributed by atoms with Gasteiger partial charge in [0, 0.05) is 35.0 Å². The van der Waals surface area contributed by atoms with E-state index in [4.69, 9.17) is 45.4 Å². The summed E-state index contributed by atoms with van der Waals surface area (Å²) in [6.07, 6.45) is -1.87. The van der Waals surface area contributed by atoms with Crippen molar-refractivity contribution in [1.29, 1.82) is 10.5 Å². The zero-order valence-corrected chi connectivity index (χ0v) is 42.0. The van der Waals surface area contributed by atoms with E-state index in [-0.39, 0.29) is 71.6 Å². The maximum absolute atomic E-state index is 13.0. The Labute approximate surface area is 419 Å². The zero-order valence-electron chi connectivity index (χ0n) is 40.4. The van der Waals surface area contributed by atoms with E-state index >= 15 is 0 Å². The first-order valence-electron chi connectivity index (χ1n) is 22.0. The lowest BCUT2D eigenvalue weighted by atomic mass is 9.97. The number of nitriles is 2. The van der Waals surface area contributed by atoms with E-state index in [0.29, 0.717) is 22.2 Å². The number of alkyl carbamates (subject to hydrolysis) is 2. The highest BCUT2D eigenvalue weighted by molar-refractivity contribution is 7.98. The number of nitrogens with zero attached hydrogens (tertiary/aromatic N) is 4. The van der Waals surface area contributed by atoms with Gasteiger partial charge in [0.25, 0.3) is 0 Å². The first-order chi connectivity index (χ1) is 33.4. The van der Waals surface area contributed by atoms with Crippen LogP contribution >= 0.6 is 23.4 Å². The Bertz CT molecular complexity index is 2620. The lowest BCUT2D eigenvalue weighted by Crippen LogP contribution is -2.47. The number of halogens is 1. The number of hydrogen-bond donors (Lipinski definition) is 5. The number of carbonyl (C=O) groups is 6. The van der Waals surface area contributed by atoms with Crippen LogP contribution in [0.15, 0.2) is 64.2 Å². The van der Waals surface area contributed by atoms with Crippen LogP contribution in [0.3, 0.4) is 0 Å². The Balaban J connectivity index is 1.42. The van der Waals surface area contributed by atoms with Crippen molar-refractivity contribution >= 4 is 65.1 Å². The average molecular weight is 1020 g/mol. The van der Waals surface area contributed by atoms with E-state index in [1.165, 1.54) is 31.9 Å². The Hall–Kier alpha value is -7.56. The molecule has 4 rings (SSSR count). The Morgan fingerprint density at radius 2 is 1.30 bits per heavy atom. The largest absolute Gasteiger partial charge is 0.490 e. The molecule has 0 spiro atoms. The molecule has 3 atom stereocenters. The first kappa shape index (κ1) is 56.0. The Morgan fingerprint density at radius 1 is 0.761 bits per heavy atom. The number of ether oxygens (including phenoxy) is 5. The summed E-state index contributed by atoms with van der Waals surface area (Å²) in [5.41, 5.74) is 6.73. The minimum Gasteiger partial charge on any atom is -0.490 e. The molecule has 0 aliphatic rings. The summed E-state index contributed by atoms with van der Waals surface area (Å²) >= 11 is 7.19. The average Bonchev–Trinajstić information content (AvgIpc) is 3.77. The van der Waals surface area contributed by atoms with Gasteiger partial charge in [-0.05, 0) is 97.4 Å². The van der Waals surface area contributed by atoms with Crippen molar-refractivity contribution in [3.63, 3.8) is 0 Å². The van der Waals surface area contributed by atoms with Gasteiger partial charge in [-0.3, -0.25) is 19.2 Å². The summed E-state index contributed by atoms with van der Waals surface area (Å²) in [7, 11) is 0. The summed E-state index contributed by atoms with van der Waals surface area (Å²) in [5, 5.41) is 31.1. The predicted molar refractivity (Wildman–Crippen MR) is 259 cm³/mol. The number of benzene rings is 2. The normalized spacial score (nSPS) is 12.4.